The lowest BCUT2D eigenvalue weighted by Gasteiger charge is -2.34. The van der Waals surface area contributed by atoms with Crippen molar-refractivity contribution in [1.82, 2.24) is 20.5 Å². The minimum atomic E-state index is -4.97. The zero-order valence-electron chi connectivity index (χ0n) is 21.0. The van der Waals surface area contributed by atoms with Gasteiger partial charge in [0, 0.05) is 38.2 Å². The number of hydrazine groups is 1. The first kappa shape index (κ1) is 27.3. The standard InChI is InChI=1S/C25H27F7N7/c1-37-35-23(34-36-37)39(13-17-8-19(24(27,28)29)10-20(9-17)25(30,31)32)14-18-6-7-21(26)33-22(18)38(11-15-2-3-15)12-16-4-5-16/h6-10,15-16,36H,2-5,11-14H2,1H3/q-1. The van der Waals surface area contributed by atoms with Gasteiger partial charge in [-0.1, -0.05) is 6.07 Å². The Hall–Kier alpha value is -3.29. The van der Waals surface area contributed by atoms with Crippen molar-refractivity contribution in [3.8, 4) is 0 Å². The SMILES string of the molecule is CN1N=C(N(Cc2cc(C(F)(F)F)cc(C(F)(F)F)c2)Cc2ccc(F)nc2N(CC2CC2)CC2CC2)[N-]N1. The van der Waals surface area contributed by atoms with Crippen LogP contribution in [0.25, 0.3) is 5.43 Å². The van der Waals surface area contributed by atoms with Gasteiger partial charge < -0.3 is 15.2 Å². The van der Waals surface area contributed by atoms with Crippen LogP contribution in [0, 0.1) is 17.8 Å². The van der Waals surface area contributed by atoms with Gasteiger partial charge in [-0.2, -0.15) is 36.3 Å². The summed E-state index contributed by atoms with van der Waals surface area (Å²) in [5.41, 5.74) is 4.16. The average molecular weight is 559 g/mol. The summed E-state index contributed by atoms with van der Waals surface area (Å²) in [5, 5.41) is 5.43. The van der Waals surface area contributed by atoms with Gasteiger partial charge in [0.05, 0.1) is 11.1 Å². The first-order valence-electron chi connectivity index (χ1n) is 12.6. The molecule has 0 saturated heterocycles. The molecule has 39 heavy (non-hydrogen) atoms. The summed E-state index contributed by atoms with van der Waals surface area (Å²) in [7, 11) is 1.54. The lowest BCUT2D eigenvalue weighted by Crippen LogP contribution is -2.33. The molecule has 0 radical (unpaired) electrons. The van der Waals surface area contributed by atoms with Crippen LogP contribution in [0.15, 0.2) is 35.4 Å². The molecule has 2 fully saturated rings. The van der Waals surface area contributed by atoms with Crippen LogP contribution < -0.4 is 10.4 Å². The number of anilines is 1. The summed E-state index contributed by atoms with van der Waals surface area (Å²) in [6.07, 6.45) is -5.66. The number of hydrogen-bond acceptors (Lipinski definition) is 6. The maximum absolute atomic E-state index is 14.3. The Morgan fingerprint density at radius 3 is 1.97 bits per heavy atom. The molecule has 0 bridgehead atoms. The van der Waals surface area contributed by atoms with E-state index in [4.69, 9.17) is 0 Å². The quantitative estimate of drug-likeness (QED) is 0.307. The second-order valence-corrected chi connectivity index (χ2v) is 10.3. The van der Waals surface area contributed by atoms with Gasteiger partial charge in [0.15, 0.2) is 0 Å². The van der Waals surface area contributed by atoms with E-state index in [1.54, 1.807) is 7.05 Å². The third kappa shape index (κ3) is 7.02. The number of nitrogens with zero attached hydrogens (tertiary/aromatic N) is 6. The summed E-state index contributed by atoms with van der Waals surface area (Å²) in [6, 6.07) is 4.19. The van der Waals surface area contributed by atoms with Crippen LogP contribution in [0.1, 0.15) is 47.9 Å². The normalized spacial score (nSPS) is 17.7. The Labute approximate surface area is 220 Å². The molecular formula is C25H27F7N7-. The first-order valence-corrected chi connectivity index (χ1v) is 12.6. The Balaban J connectivity index is 1.49. The number of benzene rings is 1. The predicted octanol–water partition coefficient (Wildman–Crippen LogP) is 5.90. The van der Waals surface area contributed by atoms with Crippen LogP contribution in [0.5, 0.6) is 0 Å². The van der Waals surface area contributed by atoms with Crippen LogP contribution in [0.3, 0.4) is 0 Å². The van der Waals surface area contributed by atoms with Crippen LogP contribution in [-0.2, 0) is 25.4 Å². The Bertz CT molecular complexity index is 1180. The largest absolute Gasteiger partial charge is 0.416 e. The molecule has 2 saturated carbocycles. The van der Waals surface area contributed by atoms with Gasteiger partial charge in [0.2, 0.25) is 5.95 Å². The van der Waals surface area contributed by atoms with Crippen molar-refractivity contribution < 1.29 is 30.7 Å². The highest BCUT2D eigenvalue weighted by Gasteiger charge is 2.37. The number of pyridine rings is 1. The van der Waals surface area contributed by atoms with Gasteiger partial charge in [-0.25, -0.2) is 4.98 Å². The van der Waals surface area contributed by atoms with Gasteiger partial charge in [-0.05, 0) is 73.9 Å². The Morgan fingerprint density at radius 2 is 1.49 bits per heavy atom. The number of alkyl halides is 6. The molecule has 1 aromatic carbocycles. The fourth-order valence-corrected chi connectivity index (χ4v) is 4.49. The van der Waals surface area contributed by atoms with E-state index < -0.39 is 29.4 Å². The van der Waals surface area contributed by atoms with Crippen molar-refractivity contribution in [2.75, 3.05) is 25.0 Å². The first-order chi connectivity index (χ1) is 18.3. The molecule has 212 valence electrons. The molecule has 5 rings (SSSR count). The molecule has 2 aliphatic carbocycles. The monoisotopic (exact) mass is 558 g/mol. The van der Waals surface area contributed by atoms with Crippen molar-refractivity contribution in [2.24, 2.45) is 16.9 Å². The summed E-state index contributed by atoms with van der Waals surface area (Å²) in [5.74, 6) is 0.758. The van der Waals surface area contributed by atoms with Crippen molar-refractivity contribution in [3.63, 3.8) is 0 Å². The van der Waals surface area contributed by atoms with E-state index in [1.165, 1.54) is 22.2 Å². The number of guanidine groups is 1. The highest BCUT2D eigenvalue weighted by atomic mass is 19.4. The molecule has 1 aliphatic heterocycles. The lowest BCUT2D eigenvalue weighted by molar-refractivity contribution is -0.143. The molecule has 2 aromatic rings. The van der Waals surface area contributed by atoms with Crippen LogP contribution in [-0.4, -0.2) is 41.1 Å². The van der Waals surface area contributed by atoms with E-state index in [9.17, 15) is 30.7 Å². The van der Waals surface area contributed by atoms with Crippen molar-refractivity contribution in [1.29, 1.82) is 0 Å². The number of nitrogens with one attached hydrogen (secondary N) is 1. The second-order valence-electron chi connectivity index (χ2n) is 10.3. The van der Waals surface area contributed by atoms with E-state index in [0.29, 0.717) is 48.4 Å². The fraction of sp³-hybridized carbons (Fsp3) is 0.520. The molecular weight excluding hydrogens is 531 g/mol. The third-order valence-electron chi connectivity index (χ3n) is 6.77. The molecule has 1 aromatic heterocycles. The zero-order valence-corrected chi connectivity index (χ0v) is 21.0. The number of hydrogen-bond donors (Lipinski definition) is 1. The van der Waals surface area contributed by atoms with Gasteiger partial charge in [0.25, 0.3) is 0 Å². The number of rotatable bonds is 9. The smallest absolute Gasteiger partial charge is 0.415 e. The summed E-state index contributed by atoms with van der Waals surface area (Å²) in [6.45, 7) is 1.02. The molecule has 1 N–H and O–H groups in total. The average Bonchev–Trinajstić information content (AvgIpc) is 3.79. The highest BCUT2D eigenvalue weighted by Crippen LogP contribution is 2.38. The summed E-state index contributed by atoms with van der Waals surface area (Å²) < 4.78 is 95.2. The molecule has 14 heteroatoms. The predicted molar refractivity (Wildman–Crippen MR) is 129 cm³/mol. The maximum Gasteiger partial charge on any atom is 0.416 e. The van der Waals surface area contributed by atoms with Gasteiger partial charge in [-0.3, -0.25) is 10.2 Å². The van der Waals surface area contributed by atoms with Crippen molar-refractivity contribution in [3.05, 3.63) is 64.0 Å². The van der Waals surface area contributed by atoms with Gasteiger partial charge >= 0.3 is 12.4 Å². The lowest BCUT2D eigenvalue weighted by atomic mass is 10.0. The topological polar surface area (TPSA) is 61.1 Å². The fourth-order valence-electron chi connectivity index (χ4n) is 4.49. The Morgan fingerprint density at radius 1 is 0.897 bits per heavy atom. The maximum atomic E-state index is 14.3. The van der Waals surface area contributed by atoms with Gasteiger partial charge in [-0.15, -0.1) is 0 Å². The van der Waals surface area contributed by atoms with E-state index in [-0.39, 0.29) is 30.7 Å². The van der Waals surface area contributed by atoms with Crippen LogP contribution in [0.4, 0.5) is 36.6 Å². The van der Waals surface area contributed by atoms with E-state index in [0.717, 1.165) is 25.7 Å². The number of aromatic nitrogens is 1. The summed E-state index contributed by atoms with van der Waals surface area (Å²) in [4.78, 5) is 7.66. The minimum Gasteiger partial charge on any atom is -0.415 e. The number of halogens is 7. The van der Waals surface area contributed by atoms with Crippen LogP contribution in [0.2, 0.25) is 0 Å². The molecule has 3 aliphatic rings. The van der Waals surface area contributed by atoms with E-state index in [1.807, 2.05) is 0 Å². The molecule has 0 spiro atoms. The Kier molecular flexibility index (Phi) is 7.25. The second kappa shape index (κ2) is 10.4. The number of hydrazone groups is 1. The molecule has 2 heterocycles. The zero-order chi connectivity index (χ0) is 27.9. The van der Waals surface area contributed by atoms with E-state index >= 15 is 0 Å². The minimum absolute atomic E-state index is 0.0239. The summed E-state index contributed by atoms with van der Waals surface area (Å²) >= 11 is 0. The van der Waals surface area contributed by atoms with E-state index in [2.05, 4.69) is 25.9 Å². The molecule has 0 unspecified atom stereocenters. The molecule has 0 amide bonds. The van der Waals surface area contributed by atoms with Gasteiger partial charge in [0.1, 0.15) is 5.82 Å². The van der Waals surface area contributed by atoms with Crippen molar-refractivity contribution >= 4 is 11.8 Å². The molecule has 7 nitrogen and oxygen atoms in total. The van der Waals surface area contributed by atoms with Crippen LogP contribution >= 0.6 is 0 Å². The molecule has 0 atom stereocenters. The third-order valence-corrected chi connectivity index (χ3v) is 6.77. The highest BCUT2D eigenvalue weighted by molar-refractivity contribution is 5.92. The van der Waals surface area contributed by atoms with Crippen molar-refractivity contribution in [2.45, 2.75) is 51.1 Å².